The minimum Gasteiger partial charge on any atom is -0.391 e. The van der Waals surface area contributed by atoms with Gasteiger partial charge in [0.25, 0.3) is 0 Å². The Labute approximate surface area is 108 Å². The maximum Gasteiger partial charge on any atom is 0.0709 e. The van der Waals surface area contributed by atoms with Gasteiger partial charge in [0.2, 0.25) is 0 Å². The maximum atomic E-state index is 9.49. The van der Waals surface area contributed by atoms with E-state index in [0.29, 0.717) is 6.54 Å². The highest BCUT2D eigenvalue weighted by molar-refractivity contribution is 5.65. The van der Waals surface area contributed by atoms with Gasteiger partial charge >= 0.3 is 0 Å². The number of hydrogen-bond donors (Lipinski definition) is 2. The molecule has 2 aromatic rings. The summed E-state index contributed by atoms with van der Waals surface area (Å²) in [7, 11) is 0. The molecule has 2 nitrogen and oxygen atoms in total. The van der Waals surface area contributed by atoms with E-state index in [2.05, 4.69) is 29.6 Å². The number of aliphatic hydroxyl groups excluding tert-OH is 1. The Bertz CT molecular complexity index is 464. The molecule has 0 bridgehead atoms. The van der Waals surface area contributed by atoms with E-state index in [1.807, 2.05) is 37.3 Å². The molecule has 0 aromatic heterocycles. The van der Waals surface area contributed by atoms with E-state index in [9.17, 15) is 5.11 Å². The molecule has 1 atom stereocenters. The van der Waals surface area contributed by atoms with Crippen LogP contribution in [-0.2, 0) is 0 Å². The largest absolute Gasteiger partial charge is 0.391 e. The molecule has 2 aromatic carbocycles. The summed E-state index contributed by atoms with van der Waals surface area (Å²) in [6.07, 6.45) is 0.494. The van der Waals surface area contributed by atoms with Crippen molar-refractivity contribution in [2.75, 3.05) is 11.9 Å². The second-order valence-electron chi connectivity index (χ2n) is 4.39. The van der Waals surface area contributed by atoms with Crippen LogP contribution in [0.4, 0.5) is 5.69 Å². The van der Waals surface area contributed by atoms with Crippen LogP contribution >= 0.6 is 0 Å². The molecule has 0 amide bonds. The van der Waals surface area contributed by atoms with E-state index in [4.69, 9.17) is 0 Å². The standard InChI is InChI=1S/C16H19NO/c1-2-16(18)12-17-15-10-8-14(9-11-15)13-6-4-3-5-7-13/h3-11,16-18H,2,12H2,1H3. The molecule has 1 unspecified atom stereocenters. The minimum atomic E-state index is -0.279. The Morgan fingerprint density at radius 3 is 2.17 bits per heavy atom. The van der Waals surface area contributed by atoms with Gasteiger partial charge in [-0.3, -0.25) is 0 Å². The highest BCUT2D eigenvalue weighted by Gasteiger charge is 2.00. The second kappa shape index (κ2) is 6.22. The summed E-state index contributed by atoms with van der Waals surface area (Å²) in [4.78, 5) is 0. The van der Waals surface area contributed by atoms with Crippen molar-refractivity contribution in [1.29, 1.82) is 0 Å². The molecule has 18 heavy (non-hydrogen) atoms. The highest BCUT2D eigenvalue weighted by Crippen LogP contribution is 2.20. The molecular weight excluding hydrogens is 222 g/mol. The van der Waals surface area contributed by atoms with Crippen LogP contribution < -0.4 is 5.32 Å². The lowest BCUT2D eigenvalue weighted by atomic mass is 10.1. The fraction of sp³-hybridized carbons (Fsp3) is 0.250. The zero-order valence-corrected chi connectivity index (χ0v) is 10.6. The number of nitrogens with one attached hydrogen (secondary N) is 1. The normalized spacial score (nSPS) is 12.1. The van der Waals surface area contributed by atoms with Gasteiger partial charge in [0.15, 0.2) is 0 Å². The van der Waals surface area contributed by atoms with Gasteiger partial charge in [0, 0.05) is 12.2 Å². The predicted molar refractivity (Wildman–Crippen MR) is 76.7 cm³/mol. The first-order chi connectivity index (χ1) is 8.79. The summed E-state index contributed by atoms with van der Waals surface area (Å²) in [5.41, 5.74) is 3.47. The van der Waals surface area contributed by atoms with E-state index < -0.39 is 0 Å². The molecule has 2 rings (SSSR count). The summed E-state index contributed by atoms with van der Waals surface area (Å²) in [6.45, 7) is 2.58. The van der Waals surface area contributed by atoms with Crippen molar-refractivity contribution in [3.63, 3.8) is 0 Å². The van der Waals surface area contributed by atoms with Gasteiger partial charge in [-0.1, -0.05) is 49.4 Å². The molecule has 0 aliphatic carbocycles. The van der Waals surface area contributed by atoms with Gasteiger partial charge in [0.1, 0.15) is 0 Å². The summed E-state index contributed by atoms with van der Waals surface area (Å²) < 4.78 is 0. The maximum absolute atomic E-state index is 9.49. The highest BCUT2D eigenvalue weighted by atomic mass is 16.3. The fourth-order valence-corrected chi connectivity index (χ4v) is 1.79. The second-order valence-corrected chi connectivity index (χ2v) is 4.39. The first-order valence-corrected chi connectivity index (χ1v) is 6.37. The monoisotopic (exact) mass is 241 g/mol. The molecule has 0 fully saturated rings. The number of hydrogen-bond acceptors (Lipinski definition) is 2. The Morgan fingerprint density at radius 1 is 0.944 bits per heavy atom. The first kappa shape index (κ1) is 12.7. The van der Waals surface area contributed by atoms with Crippen LogP contribution in [-0.4, -0.2) is 17.8 Å². The lowest BCUT2D eigenvalue weighted by Gasteiger charge is -2.11. The summed E-state index contributed by atoms with van der Waals surface area (Å²) in [5, 5.41) is 12.7. The third-order valence-electron chi connectivity index (χ3n) is 3.01. The van der Waals surface area contributed by atoms with Gasteiger partial charge in [-0.05, 0) is 29.7 Å². The van der Waals surface area contributed by atoms with Crippen LogP contribution in [0.2, 0.25) is 0 Å². The number of aliphatic hydroxyl groups is 1. The topological polar surface area (TPSA) is 32.3 Å². The summed E-state index contributed by atoms with van der Waals surface area (Å²) >= 11 is 0. The van der Waals surface area contributed by atoms with Crippen molar-refractivity contribution >= 4 is 5.69 Å². The lowest BCUT2D eigenvalue weighted by molar-refractivity contribution is 0.183. The molecule has 2 heteroatoms. The van der Waals surface area contributed by atoms with Gasteiger partial charge in [-0.25, -0.2) is 0 Å². The average molecular weight is 241 g/mol. The van der Waals surface area contributed by atoms with Gasteiger partial charge in [0.05, 0.1) is 6.10 Å². The van der Waals surface area contributed by atoms with Crippen LogP contribution in [0.1, 0.15) is 13.3 Å². The molecule has 0 saturated heterocycles. The third kappa shape index (κ3) is 3.34. The van der Waals surface area contributed by atoms with E-state index in [-0.39, 0.29) is 6.10 Å². The van der Waals surface area contributed by atoms with Gasteiger partial charge in [-0.15, -0.1) is 0 Å². The van der Waals surface area contributed by atoms with E-state index in [1.165, 1.54) is 11.1 Å². The summed E-state index contributed by atoms with van der Waals surface area (Å²) in [5.74, 6) is 0. The molecule has 0 heterocycles. The third-order valence-corrected chi connectivity index (χ3v) is 3.01. The van der Waals surface area contributed by atoms with Crippen molar-refractivity contribution < 1.29 is 5.11 Å². The molecule has 0 spiro atoms. The van der Waals surface area contributed by atoms with Crippen molar-refractivity contribution in [2.24, 2.45) is 0 Å². The smallest absolute Gasteiger partial charge is 0.0709 e. The number of benzene rings is 2. The number of rotatable bonds is 5. The van der Waals surface area contributed by atoms with Crippen molar-refractivity contribution in [2.45, 2.75) is 19.4 Å². The van der Waals surface area contributed by atoms with Crippen LogP contribution in [0.15, 0.2) is 54.6 Å². The molecule has 0 aliphatic rings. The van der Waals surface area contributed by atoms with Crippen LogP contribution in [0.5, 0.6) is 0 Å². The predicted octanol–water partition coefficient (Wildman–Crippen LogP) is 3.54. The van der Waals surface area contributed by atoms with Crippen LogP contribution in [0.25, 0.3) is 11.1 Å². The van der Waals surface area contributed by atoms with Crippen molar-refractivity contribution in [1.82, 2.24) is 0 Å². The Kier molecular flexibility index (Phi) is 4.37. The molecule has 2 N–H and O–H groups in total. The SMILES string of the molecule is CCC(O)CNc1ccc(-c2ccccc2)cc1. The van der Waals surface area contributed by atoms with E-state index in [1.54, 1.807) is 0 Å². The fourth-order valence-electron chi connectivity index (χ4n) is 1.79. The van der Waals surface area contributed by atoms with Gasteiger partial charge in [-0.2, -0.15) is 0 Å². The van der Waals surface area contributed by atoms with Crippen LogP contribution in [0, 0.1) is 0 Å². The molecule has 94 valence electrons. The first-order valence-electron chi connectivity index (χ1n) is 6.37. The molecular formula is C16H19NO. The van der Waals surface area contributed by atoms with Crippen LogP contribution in [0.3, 0.4) is 0 Å². The molecule has 0 aliphatic heterocycles. The quantitative estimate of drug-likeness (QED) is 0.839. The average Bonchev–Trinajstić information content (AvgIpc) is 2.46. The number of anilines is 1. The lowest BCUT2D eigenvalue weighted by Crippen LogP contribution is -2.17. The molecule has 0 saturated carbocycles. The van der Waals surface area contributed by atoms with Gasteiger partial charge < -0.3 is 10.4 Å². The Balaban J connectivity index is 2.02. The van der Waals surface area contributed by atoms with E-state index >= 15 is 0 Å². The zero-order valence-electron chi connectivity index (χ0n) is 10.6. The summed E-state index contributed by atoms with van der Waals surface area (Å²) in [6, 6.07) is 18.6. The molecule has 0 radical (unpaired) electrons. The van der Waals surface area contributed by atoms with E-state index in [0.717, 1.165) is 12.1 Å². The minimum absolute atomic E-state index is 0.279. The van der Waals surface area contributed by atoms with Crippen molar-refractivity contribution in [3.05, 3.63) is 54.6 Å². The Morgan fingerprint density at radius 2 is 1.56 bits per heavy atom. The zero-order chi connectivity index (χ0) is 12.8. The van der Waals surface area contributed by atoms with Crippen molar-refractivity contribution in [3.8, 4) is 11.1 Å². The Hall–Kier alpha value is -1.80.